The fourth-order valence-corrected chi connectivity index (χ4v) is 1.51. The number of carbonyl (C=O) groups is 2. The van der Waals surface area contributed by atoms with Crippen molar-refractivity contribution in [3.05, 3.63) is 29.8 Å². The van der Waals surface area contributed by atoms with Crippen LogP contribution in [0.25, 0.3) is 0 Å². The molecule has 4 N–H and O–H groups in total. The average molecular weight is 286 g/mol. The maximum Gasteiger partial charge on any atom is 0.221 e. The zero-order valence-electron chi connectivity index (χ0n) is 10.9. The molecule has 0 heterocycles. The first-order valence-corrected chi connectivity index (χ1v) is 5.95. The standard InChI is InChI=1S/C13H19N3O2.ClH/c1-10(17)16-12-5-2-4-11(8-12)9-15-13(18)6-3-7-14;/h2,4-5,8H,3,6-7,9,14H2,1H3,(H,15,18)(H,16,17);1H. The third-order valence-electron chi connectivity index (χ3n) is 2.34. The Morgan fingerprint density at radius 2 is 2.05 bits per heavy atom. The third kappa shape index (κ3) is 7.43. The number of nitrogens with two attached hydrogens (primary N) is 1. The summed E-state index contributed by atoms with van der Waals surface area (Å²) >= 11 is 0. The van der Waals surface area contributed by atoms with Crippen LogP contribution in [-0.2, 0) is 16.1 Å². The van der Waals surface area contributed by atoms with E-state index in [9.17, 15) is 9.59 Å². The van der Waals surface area contributed by atoms with Gasteiger partial charge in [-0.25, -0.2) is 0 Å². The summed E-state index contributed by atoms with van der Waals surface area (Å²) in [4.78, 5) is 22.3. The summed E-state index contributed by atoms with van der Waals surface area (Å²) in [5, 5.41) is 5.51. The minimum Gasteiger partial charge on any atom is -0.352 e. The zero-order valence-corrected chi connectivity index (χ0v) is 11.8. The molecule has 0 saturated carbocycles. The molecule has 19 heavy (non-hydrogen) atoms. The quantitative estimate of drug-likeness (QED) is 0.739. The smallest absolute Gasteiger partial charge is 0.221 e. The number of hydrogen-bond donors (Lipinski definition) is 3. The number of hydrogen-bond acceptors (Lipinski definition) is 3. The fraction of sp³-hybridized carbons (Fsp3) is 0.385. The molecule has 1 aromatic carbocycles. The maximum absolute atomic E-state index is 11.4. The second-order valence-electron chi connectivity index (χ2n) is 4.05. The van der Waals surface area contributed by atoms with Crippen molar-refractivity contribution < 1.29 is 9.59 Å². The summed E-state index contributed by atoms with van der Waals surface area (Å²) in [5.74, 6) is -0.121. The van der Waals surface area contributed by atoms with E-state index in [4.69, 9.17) is 5.73 Å². The van der Waals surface area contributed by atoms with Crippen molar-refractivity contribution in [3.8, 4) is 0 Å². The highest BCUT2D eigenvalue weighted by Gasteiger charge is 2.01. The van der Waals surface area contributed by atoms with Gasteiger partial charge in [0.2, 0.25) is 11.8 Å². The molecule has 0 aliphatic heterocycles. The summed E-state index contributed by atoms with van der Waals surface area (Å²) < 4.78 is 0. The number of carbonyl (C=O) groups excluding carboxylic acids is 2. The van der Waals surface area contributed by atoms with Crippen molar-refractivity contribution in [1.82, 2.24) is 5.32 Å². The van der Waals surface area contributed by atoms with Crippen LogP contribution in [0.4, 0.5) is 5.69 Å². The Hall–Kier alpha value is -1.59. The predicted octanol–water partition coefficient (Wildman–Crippen LogP) is 1.42. The van der Waals surface area contributed by atoms with Crippen LogP contribution in [0, 0.1) is 0 Å². The van der Waals surface area contributed by atoms with Gasteiger partial charge in [0.1, 0.15) is 0 Å². The predicted molar refractivity (Wildman–Crippen MR) is 78.1 cm³/mol. The molecule has 0 atom stereocenters. The lowest BCUT2D eigenvalue weighted by atomic mass is 10.2. The monoisotopic (exact) mass is 285 g/mol. The van der Waals surface area contributed by atoms with Gasteiger partial charge in [0.25, 0.3) is 0 Å². The van der Waals surface area contributed by atoms with Gasteiger partial charge in [-0.2, -0.15) is 0 Å². The van der Waals surface area contributed by atoms with Crippen LogP contribution in [0.15, 0.2) is 24.3 Å². The Labute approximate surface area is 119 Å². The zero-order chi connectivity index (χ0) is 13.4. The Kier molecular flexibility index (Phi) is 8.57. The van der Waals surface area contributed by atoms with Gasteiger partial charge in [0.05, 0.1) is 0 Å². The summed E-state index contributed by atoms with van der Waals surface area (Å²) in [6.07, 6.45) is 1.14. The van der Waals surface area contributed by atoms with Gasteiger partial charge in [0, 0.05) is 25.6 Å². The second kappa shape index (κ2) is 9.35. The molecule has 0 radical (unpaired) electrons. The van der Waals surface area contributed by atoms with Gasteiger partial charge in [-0.3, -0.25) is 9.59 Å². The van der Waals surface area contributed by atoms with E-state index in [1.165, 1.54) is 6.92 Å². The Morgan fingerprint density at radius 3 is 2.68 bits per heavy atom. The van der Waals surface area contributed by atoms with Crippen molar-refractivity contribution in [2.75, 3.05) is 11.9 Å². The van der Waals surface area contributed by atoms with E-state index >= 15 is 0 Å². The van der Waals surface area contributed by atoms with E-state index in [1.807, 2.05) is 18.2 Å². The minimum absolute atomic E-state index is 0. The largest absolute Gasteiger partial charge is 0.352 e. The van der Waals surface area contributed by atoms with Crippen LogP contribution in [0.3, 0.4) is 0 Å². The molecule has 0 saturated heterocycles. The van der Waals surface area contributed by atoms with E-state index < -0.39 is 0 Å². The average Bonchev–Trinajstić information content (AvgIpc) is 2.33. The SMILES string of the molecule is CC(=O)Nc1cccc(CNC(=O)CCCN)c1.Cl. The van der Waals surface area contributed by atoms with Crippen LogP contribution in [0.2, 0.25) is 0 Å². The minimum atomic E-state index is -0.112. The lowest BCUT2D eigenvalue weighted by Gasteiger charge is -2.07. The molecule has 106 valence electrons. The highest BCUT2D eigenvalue weighted by molar-refractivity contribution is 5.88. The summed E-state index contributed by atoms with van der Waals surface area (Å²) in [5.41, 5.74) is 7.01. The highest BCUT2D eigenvalue weighted by Crippen LogP contribution is 2.10. The highest BCUT2D eigenvalue weighted by atomic mass is 35.5. The van der Waals surface area contributed by atoms with Crippen molar-refractivity contribution in [2.45, 2.75) is 26.3 Å². The lowest BCUT2D eigenvalue weighted by molar-refractivity contribution is -0.121. The van der Waals surface area contributed by atoms with Gasteiger partial charge in [-0.05, 0) is 30.7 Å². The third-order valence-corrected chi connectivity index (χ3v) is 2.34. The van der Waals surface area contributed by atoms with Crippen molar-refractivity contribution in [1.29, 1.82) is 0 Å². The van der Waals surface area contributed by atoms with Crippen LogP contribution in [0.5, 0.6) is 0 Å². The molecule has 0 aliphatic carbocycles. The van der Waals surface area contributed by atoms with Gasteiger partial charge in [-0.1, -0.05) is 12.1 Å². The molecule has 0 spiro atoms. The fourth-order valence-electron chi connectivity index (χ4n) is 1.51. The van der Waals surface area contributed by atoms with Gasteiger partial charge < -0.3 is 16.4 Å². The number of benzene rings is 1. The Morgan fingerprint density at radius 1 is 1.32 bits per heavy atom. The normalized spacial score (nSPS) is 9.37. The molecule has 2 amide bonds. The van der Waals surface area contributed by atoms with E-state index in [-0.39, 0.29) is 24.2 Å². The molecule has 0 fully saturated rings. The summed E-state index contributed by atoms with van der Waals surface area (Å²) in [6.45, 7) is 2.43. The number of anilines is 1. The summed E-state index contributed by atoms with van der Waals surface area (Å²) in [6, 6.07) is 7.38. The molecule has 0 aromatic heterocycles. The molecule has 0 unspecified atom stereocenters. The molecular weight excluding hydrogens is 266 g/mol. The number of nitrogens with one attached hydrogen (secondary N) is 2. The number of halogens is 1. The van der Waals surface area contributed by atoms with E-state index in [0.717, 1.165) is 11.3 Å². The molecule has 5 nitrogen and oxygen atoms in total. The Bertz CT molecular complexity index is 424. The first kappa shape index (κ1) is 17.4. The molecular formula is C13H20ClN3O2. The van der Waals surface area contributed by atoms with Crippen LogP contribution >= 0.6 is 12.4 Å². The van der Waals surface area contributed by atoms with Gasteiger partial charge in [-0.15, -0.1) is 12.4 Å². The van der Waals surface area contributed by atoms with Crippen molar-refractivity contribution in [2.24, 2.45) is 5.73 Å². The molecule has 0 aliphatic rings. The van der Waals surface area contributed by atoms with Crippen LogP contribution in [0.1, 0.15) is 25.3 Å². The lowest BCUT2D eigenvalue weighted by Crippen LogP contribution is -2.23. The van der Waals surface area contributed by atoms with Crippen LogP contribution in [-0.4, -0.2) is 18.4 Å². The van der Waals surface area contributed by atoms with E-state index in [2.05, 4.69) is 10.6 Å². The maximum atomic E-state index is 11.4. The van der Waals surface area contributed by atoms with Crippen LogP contribution < -0.4 is 16.4 Å². The molecule has 1 rings (SSSR count). The number of rotatable bonds is 6. The number of amides is 2. The molecule has 6 heteroatoms. The van der Waals surface area contributed by atoms with E-state index in [0.29, 0.717) is 25.9 Å². The first-order chi connectivity index (χ1) is 8.61. The van der Waals surface area contributed by atoms with Crippen molar-refractivity contribution in [3.63, 3.8) is 0 Å². The molecule has 1 aromatic rings. The molecule has 0 bridgehead atoms. The summed E-state index contributed by atoms with van der Waals surface area (Å²) in [7, 11) is 0. The van der Waals surface area contributed by atoms with Gasteiger partial charge in [0.15, 0.2) is 0 Å². The topological polar surface area (TPSA) is 84.2 Å². The first-order valence-electron chi connectivity index (χ1n) is 5.95. The Balaban J connectivity index is 0.00000324. The van der Waals surface area contributed by atoms with Gasteiger partial charge >= 0.3 is 0 Å². The van der Waals surface area contributed by atoms with E-state index in [1.54, 1.807) is 6.07 Å². The second-order valence-corrected chi connectivity index (χ2v) is 4.05. The van der Waals surface area contributed by atoms with Crippen molar-refractivity contribution >= 4 is 29.9 Å².